The van der Waals surface area contributed by atoms with Gasteiger partial charge in [0.05, 0.1) is 19.6 Å². The standard InChI is InChI=1S/C13H19NO3/c1-3-16-11-7-5-6-10(8-11)12(14)9-13(15)17-4-2/h5-8,12H,3-4,9,14H2,1-2H3. The highest BCUT2D eigenvalue weighted by atomic mass is 16.5. The molecule has 94 valence electrons. The summed E-state index contributed by atoms with van der Waals surface area (Å²) in [6.45, 7) is 4.69. The molecule has 0 fully saturated rings. The van der Waals surface area contributed by atoms with Crippen LogP contribution in [-0.4, -0.2) is 19.2 Å². The van der Waals surface area contributed by atoms with Gasteiger partial charge in [-0.25, -0.2) is 0 Å². The lowest BCUT2D eigenvalue weighted by molar-refractivity contribution is -0.143. The molecule has 2 N–H and O–H groups in total. The molecule has 0 aliphatic carbocycles. The quantitative estimate of drug-likeness (QED) is 0.769. The highest BCUT2D eigenvalue weighted by Crippen LogP contribution is 2.20. The zero-order valence-electron chi connectivity index (χ0n) is 10.3. The molecule has 1 unspecified atom stereocenters. The molecule has 0 aromatic heterocycles. The summed E-state index contributed by atoms with van der Waals surface area (Å²) in [6, 6.07) is 7.12. The topological polar surface area (TPSA) is 61.5 Å². The van der Waals surface area contributed by atoms with Crippen molar-refractivity contribution in [1.29, 1.82) is 0 Å². The molecule has 0 bridgehead atoms. The van der Waals surface area contributed by atoms with Gasteiger partial charge in [-0.2, -0.15) is 0 Å². The molecular formula is C13H19NO3. The van der Waals surface area contributed by atoms with Crippen molar-refractivity contribution in [3.05, 3.63) is 29.8 Å². The Kier molecular flexibility index (Phi) is 5.49. The molecule has 1 aromatic rings. The minimum Gasteiger partial charge on any atom is -0.494 e. The Morgan fingerprint density at radius 3 is 2.76 bits per heavy atom. The highest BCUT2D eigenvalue weighted by Gasteiger charge is 2.12. The van der Waals surface area contributed by atoms with E-state index >= 15 is 0 Å². The first-order chi connectivity index (χ1) is 8.17. The van der Waals surface area contributed by atoms with Crippen molar-refractivity contribution in [3.63, 3.8) is 0 Å². The summed E-state index contributed by atoms with van der Waals surface area (Å²) >= 11 is 0. The van der Waals surface area contributed by atoms with Gasteiger partial charge in [-0.15, -0.1) is 0 Å². The summed E-state index contributed by atoms with van der Waals surface area (Å²) < 4.78 is 10.2. The number of benzene rings is 1. The summed E-state index contributed by atoms with van der Waals surface area (Å²) in [7, 11) is 0. The molecule has 4 nitrogen and oxygen atoms in total. The molecule has 0 saturated carbocycles. The number of hydrogen-bond acceptors (Lipinski definition) is 4. The van der Waals surface area contributed by atoms with Crippen LogP contribution in [0.1, 0.15) is 31.9 Å². The Morgan fingerprint density at radius 1 is 1.35 bits per heavy atom. The number of hydrogen-bond donors (Lipinski definition) is 1. The van der Waals surface area contributed by atoms with E-state index in [-0.39, 0.29) is 18.4 Å². The van der Waals surface area contributed by atoms with Crippen molar-refractivity contribution in [1.82, 2.24) is 0 Å². The van der Waals surface area contributed by atoms with E-state index in [1.807, 2.05) is 31.2 Å². The molecule has 0 saturated heterocycles. The third kappa shape index (κ3) is 4.44. The molecule has 0 amide bonds. The van der Waals surface area contributed by atoms with E-state index in [0.29, 0.717) is 13.2 Å². The fourth-order valence-electron chi connectivity index (χ4n) is 1.52. The van der Waals surface area contributed by atoms with E-state index in [1.165, 1.54) is 0 Å². The lowest BCUT2D eigenvalue weighted by Gasteiger charge is -2.12. The highest BCUT2D eigenvalue weighted by molar-refractivity contribution is 5.70. The zero-order chi connectivity index (χ0) is 12.7. The first kappa shape index (κ1) is 13.5. The Bertz CT molecular complexity index is 365. The molecule has 1 atom stereocenters. The Labute approximate surface area is 102 Å². The van der Waals surface area contributed by atoms with Gasteiger partial charge in [0, 0.05) is 6.04 Å². The molecule has 0 heterocycles. The van der Waals surface area contributed by atoms with Crippen LogP contribution >= 0.6 is 0 Å². The predicted molar refractivity (Wildman–Crippen MR) is 65.8 cm³/mol. The maximum atomic E-state index is 11.3. The van der Waals surface area contributed by atoms with Gasteiger partial charge >= 0.3 is 5.97 Å². The van der Waals surface area contributed by atoms with Gasteiger partial charge in [0.15, 0.2) is 0 Å². The third-order valence-electron chi connectivity index (χ3n) is 2.29. The van der Waals surface area contributed by atoms with E-state index in [2.05, 4.69) is 0 Å². The van der Waals surface area contributed by atoms with E-state index < -0.39 is 0 Å². The molecule has 0 spiro atoms. The largest absolute Gasteiger partial charge is 0.494 e. The van der Waals surface area contributed by atoms with Gasteiger partial charge in [-0.05, 0) is 31.5 Å². The van der Waals surface area contributed by atoms with Gasteiger partial charge in [0.1, 0.15) is 5.75 Å². The van der Waals surface area contributed by atoms with Crippen molar-refractivity contribution >= 4 is 5.97 Å². The Balaban J connectivity index is 2.64. The van der Waals surface area contributed by atoms with Crippen LogP contribution in [0.25, 0.3) is 0 Å². The van der Waals surface area contributed by atoms with Crippen LogP contribution in [0.2, 0.25) is 0 Å². The average molecular weight is 237 g/mol. The maximum absolute atomic E-state index is 11.3. The molecule has 0 aliphatic rings. The number of carbonyl (C=O) groups is 1. The van der Waals surface area contributed by atoms with Gasteiger partial charge in [-0.1, -0.05) is 12.1 Å². The Hall–Kier alpha value is -1.55. The van der Waals surface area contributed by atoms with Crippen LogP contribution in [0, 0.1) is 0 Å². The number of ether oxygens (including phenoxy) is 2. The number of esters is 1. The third-order valence-corrected chi connectivity index (χ3v) is 2.29. The molecule has 17 heavy (non-hydrogen) atoms. The van der Waals surface area contributed by atoms with Gasteiger partial charge in [0.25, 0.3) is 0 Å². The second kappa shape index (κ2) is 6.91. The van der Waals surface area contributed by atoms with Crippen LogP contribution < -0.4 is 10.5 Å². The molecule has 0 radical (unpaired) electrons. The van der Waals surface area contributed by atoms with Crippen molar-refractivity contribution in [2.75, 3.05) is 13.2 Å². The average Bonchev–Trinajstić information content (AvgIpc) is 2.30. The minimum atomic E-state index is -0.352. The molecule has 1 rings (SSSR count). The van der Waals surface area contributed by atoms with Crippen molar-refractivity contribution in [3.8, 4) is 5.75 Å². The molecule has 0 aliphatic heterocycles. The summed E-state index contributed by atoms with van der Waals surface area (Å²) in [5, 5.41) is 0. The first-order valence-electron chi connectivity index (χ1n) is 5.81. The van der Waals surface area contributed by atoms with Crippen molar-refractivity contribution in [2.45, 2.75) is 26.3 Å². The van der Waals surface area contributed by atoms with Gasteiger partial charge < -0.3 is 15.2 Å². The van der Waals surface area contributed by atoms with Gasteiger partial charge in [-0.3, -0.25) is 4.79 Å². The van der Waals surface area contributed by atoms with Gasteiger partial charge in [0.2, 0.25) is 0 Å². The SMILES string of the molecule is CCOC(=O)CC(N)c1cccc(OCC)c1. The van der Waals surface area contributed by atoms with Crippen LogP contribution in [0.4, 0.5) is 0 Å². The predicted octanol–water partition coefficient (Wildman–Crippen LogP) is 2.04. The lowest BCUT2D eigenvalue weighted by atomic mass is 10.0. The minimum absolute atomic E-state index is 0.184. The summed E-state index contributed by atoms with van der Waals surface area (Å²) in [5.74, 6) is 0.492. The second-order valence-electron chi connectivity index (χ2n) is 3.62. The van der Waals surface area contributed by atoms with Crippen LogP contribution in [-0.2, 0) is 9.53 Å². The first-order valence-corrected chi connectivity index (χ1v) is 5.81. The fraction of sp³-hybridized carbons (Fsp3) is 0.462. The Morgan fingerprint density at radius 2 is 2.12 bits per heavy atom. The molecule has 1 aromatic carbocycles. The normalized spacial score (nSPS) is 11.9. The number of rotatable bonds is 6. The molecule has 4 heteroatoms. The number of carbonyl (C=O) groups excluding carboxylic acids is 1. The van der Waals surface area contributed by atoms with Crippen molar-refractivity contribution < 1.29 is 14.3 Å². The summed E-state index contributed by atoms with van der Waals surface area (Å²) in [5.41, 5.74) is 6.81. The fourth-order valence-corrected chi connectivity index (χ4v) is 1.52. The van der Waals surface area contributed by atoms with Crippen molar-refractivity contribution in [2.24, 2.45) is 5.73 Å². The second-order valence-corrected chi connectivity index (χ2v) is 3.62. The lowest BCUT2D eigenvalue weighted by Crippen LogP contribution is -2.17. The maximum Gasteiger partial charge on any atom is 0.307 e. The smallest absolute Gasteiger partial charge is 0.307 e. The van der Waals surface area contributed by atoms with Crippen LogP contribution in [0.5, 0.6) is 5.75 Å². The van der Waals surface area contributed by atoms with E-state index in [9.17, 15) is 4.79 Å². The van der Waals surface area contributed by atoms with E-state index in [4.69, 9.17) is 15.2 Å². The van der Waals surface area contributed by atoms with E-state index in [0.717, 1.165) is 11.3 Å². The number of nitrogens with two attached hydrogens (primary N) is 1. The monoisotopic (exact) mass is 237 g/mol. The van der Waals surface area contributed by atoms with E-state index in [1.54, 1.807) is 6.92 Å². The van der Waals surface area contributed by atoms with Crippen LogP contribution in [0.3, 0.4) is 0 Å². The molecular weight excluding hydrogens is 218 g/mol. The summed E-state index contributed by atoms with van der Waals surface area (Å²) in [4.78, 5) is 11.3. The van der Waals surface area contributed by atoms with Crippen LogP contribution in [0.15, 0.2) is 24.3 Å². The summed E-state index contributed by atoms with van der Waals surface area (Å²) in [6.07, 6.45) is 0.184. The zero-order valence-corrected chi connectivity index (χ0v) is 10.3.